The SMILES string of the molecule is C=CCSCCNc1ccncc1Br. The number of pyridine rings is 1. The van der Waals surface area contributed by atoms with Crippen LogP contribution in [0.4, 0.5) is 5.69 Å². The van der Waals surface area contributed by atoms with Gasteiger partial charge in [-0.1, -0.05) is 6.08 Å². The molecule has 0 amide bonds. The van der Waals surface area contributed by atoms with Gasteiger partial charge in [0, 0.05) is 30.4 Å². The minimum absolute atomic E-state index is 0.959. The predicted octanol–water partition coefficient (Wildman–Crippen LogP) is 3.18. The van der Waals surface area contributed by atoms with E-state index >= 15 is 0 Å². The summed E-state index contributed by atoms with van der Waals surface area (Å²) in [5.74, 6) is 2.10. The van der Waals surface area contributed by atoms with E-state index in [-0.39, 0.29) is 0 Å². The van der Waals surface area contributed by atoms with Crippen molar-refractivity contribution < 1.29 is 0 Å². The van der Waals surface area contributed by atoms with E-state index in [1.54, 1.807) is 12.4 Å². The molecule has 0 saturated carbocycles. The Morgan fingerprint density at radius 1 is 1.64 bits per heavy atom. The highest BCUT2D eigenvalue weighted by Crippen LogP contribution is 2.19. The summed E-state index contributed by atoms with van der Waals surface area (Å²) in [4.78, 5) is 4.00. The zero-order valence-electron chi connectivity index (χ0n) is 7.87. The number of hydrogen-bond donors (Lipinski definition) is 1. The van der Waals surface area contributed by atoms with Crippen LogP contribution in [-0.4, -0.2) is 23.0 Å². The van der Waals surface area contributed by atoms with Crippen LogP contribution in [0.1, 0.15) is 0 Å². The third kappa shape index (κ3) is 4.15. The largest absolute Gasteiger partial charge is 0.383 e. The number of nitrogens with zero attached hydrogens (tertiary/aromatic N) is 1. The van der Waals surface area contributed by atoms with Crippen LogP contribution >= 0.6 is 27.7 Å². The van der Waals surface area contributed by atoms with Crippen molar-refractivity contribution in [1.29, 1.82) is 0 Å². The molecule has 0 atom stereocenters. The van der Waals surface area contributed by atoms with Gasteiger partial charge in [-0.05, 0) is 22.0 Å². The zero-order valence-corrected chi connectivity index (χ0v) is 10.3. The topological polar surface area (TPSA) is 24.9 Å². The van der Waals surface area contributed by atoms with Crippen molar-refractivity contribution in [2.75, 3.05) is 23.4 Å². The normalized spacial score (nSPS) is 9.79. The number of thioether (sulfide) groups is 1. The Labute approximate surface area is 97.3 Å². The Bertz CT molecular complexity index is 291. The summed E-state index contributed by atoms with van der Waals surface area (Å²) in [6, 6.07) is 1.96. The molecule has 0 aliphatic rings. The average Bonchev–Trinajstić information content (AvgIpc) is 2.20. The predicted molar refractivity (Wildman–Crippen MR) is 67.9 cm³/mol. The third-order valence-electron chi connectivity index (χ3n) is 1.57. The van der Waals surface area contributed by atoms with E-state index in [2.05, 4.69) is 32.8 Å². The van der Waals surface area contributed by atoms with Gasteiger partial charge in [0.1, 0.15) is 0 Å². The van der Waals surface area contributed by atoms with Crippen molar-refractivity contribution in [3.8, 4) is 0 Å². The smallest absolute Gasteiger partial charge is 0.0590 e. The summed E-state index contributed by atoms with van der Waals surface area (Å²) in [6.45, 7) is 4.63. The lowest BCUT2D eigenvalue weighted by atomic mass is 10.4. The molecule has 0 unspecified atom stereocenters. The molecule has 0 fully saturated rings. The molecule has 2 nitrogen and oxygen atoms in total. The van der Waals surface area contributed by atoms with Crippen LogP contribution in [0, 0.1) is 0 Å². The fourth-order valence-corrected chi connectivity index (χ4v) is 1.91. The van der Waals surface area contributed by atoms with Crippen LogP contribution in [0.3, 0.4) is 0 Å². The molecular formula is C10H13BrN2S. The first-order chi connectivity index (χ1) is 6.84. The highest BCUT2D eigenvalue weighted by molar-refractivity contribution is 9.10. The molecule has 1 heterocycles. The lowest BCUT2D eigenvalue weighted by Crippen LogP contribution is -2.04. The first-order valence-electron chi connectivity index (χ1n) is 4.36. The maximum atomic E-state index is 4.00. The number of halogens is 1. The number of anilines is 1. The fourth-order valence-electron chi connectivity index (χ4n) is 0.943. The Morgan fingerprint density at radius 2 is 2.50 bits per heavy atom. The first-order valence-corrected chi connectivity index (χ1v) is 6.31. The number of aromatic nitrogens is 1. The Hall–Kier alpha value is -0.480. The lowest BCUT2D eigenvalue weighted by Gasteiger charge is -2.06. The van der Waals surface area contributed by atoms with E-state index in [9.17, 15) is 0 Å². The van der Waals surface area contributed by atoms with Gasteiger partial charge in [0.2, 0.25) is 0 Å². The molecular weight excluding hydrogens is 260 g/mol. The first kappa shape index (κ1) is 11.6. The molecule has 4 heteroatoms. The molecule has 0 radical (unpaired) electrons. The van der Waals surface area contributed by atoms with Crippen LogP contribution < -0.4 is 5.32 Å². The van der Waals surface area contributed by atoms with Crippen molar-refractivity contribution in [3.63, 3.8) is 0 Å². The molecule has 1 N–H and O–H groups in total. The quantitative estimate of drug-likeness (QED) is 0.636. The van der Waals surface area contributed by atoms with Crippen molar-refractivity contribution in [2.24, 2.45) is 0 Å². The minimum Gasteiger partial charge on any atom is -0.383 e. The number of hydrogen-bond acceptors (Lipinski definition) is 3. The van der Waals surface area contributed by atoms with Crippen LogP contribution in [0.2, 0.25) is 0 Å². The van der Waals surface area contributed by atoms with Gasteiger partial charge in [0.05, 0.1) is 10.2 Å². The molecule has 14 heavy (non-hydrogen) atoms. The van der Waals surface area contributed by atoms with E-state index < -0.39 is 0 Å². The molecule has 1 aromatic rings. The highest BCUT2D eigenvalue weighted by Gasteiger charge is 1.96. The molecule has 0 aliphatic heterocycles. The second-order valence-corrected chi connectivity index (χ2v) is 4.65. The van der Waals surface area contributed by atoms with Gasteiger partial charge in [-0.15, -0.1) is 6.58 Å². The van der Waals surface area contributed by atoms with Crippen LogP contribution in [0.25, 0.3) is 0 Å². The molecule has 0 aliphatic carbocycles. The molecule has 76 valence electrons. The fraction of sp³-hybridized carbons (Fsp3) is 0.300. The molecule has 0 bridgehead atoms. The Morgan fingerprint density at radius 3 is 3.21 bits per heavy atom. The van der Waals surface area contributed by atoms with Gasteiger partial charge in [-0.2, -0.15) is 11.8 Å². The van der Waals surface area contributed by atoms with Gasteiger partial charge < -0.3 is 5.32 Å². The number of rotatable bonds is 6. The average molecular weight is 273 g/mol. The molecule has 0 spiro atoms. The van der Waals surface area contributed by atoms with E-state index in [4.69, 9.17) is 0 Å². The minimum atomic E-state index is 0.959. The summed E-state index contributed by atoms with van der Waals surface area (Å²) in [7, 11) is 0. The van der Waals surface area contributed by atoms with Gasteiger partial charge in [-0.25, -0.2) is 0 Å². The molecule has 1 rings (SSSR count). The maximum absolute atomic E-state index is 4.00. The van der Waals surface area contributed by atoms with Gasteiger partial charge in [-0.3, -0.25) is 4.98 Å². The van der Waals surface area contributed by atoms with Crippen molar-refractivity contribution >= 4 is 33.4 Å². The summed E-state index contributed by atoms with van der Waals surface area (Å²) >= 11 is 5.30. The van der Waals surface area contributed by atoms with Crippen molar-refractivity contribution in [1.82, 2.24) is 4.98 Å². The van der Waals surface area contributed by atoms with Crippen molar-refractivity contribution in [3.05, 3.63) is 35.6 Å². The second kappa shape index (κ2) is 6.90. The standard InChI is InChI=1S/C10H13BrN2S/c1-2-6-14-7-5-13-10-3-4-12-8-9(10)11/h2-4,8H,1,5-7H2,(H,12,13). The van der Waals surface area contributed by atoms with Crippen LogP contribution in [-0.2, 0) is 0 Å². The van der Waals surface area contributed by atoms with Crippen LogP contribution in [0.15, 0.2) is 35.6 Å². The molecule has 0 aromatic carbocycles. The summed E-state index contributed by atoms with van der Waals surface area (Å²) in [5.41, 5.74) is 1.10. The van der Waals surface area contributed by atoms with Crippen LogP contribution in [0.5, 0.6) is 0 Å². The molecule has 0 saturated heterocycles. The third-order valence-corrected chi connectivity index (χ3v) is 3.17. The van der Waals surface area contributed by atoms with E-state index in [0.717, 1.165) is 28.2 Å². The zero-order chi connectivity index (χ0) is 10.2. The lowest BCUT2D eigenvalue weighted by molar-refractivity contribution is 1.20. The highest BCUT2D eigenvalue weighted by atomic mass is 79.9. The van der Waals surface area contributed by atoms with E-state index in [1.807, 2.05) is 23.9 Å². The monoisotopic (exact) mass is 272 g/mol. The van der Waals surface area contributed by atoms with Crippen molar-refractivity contribution in [2.45, 2.75) is 0 Å². The summed E-state index contributed by atoms with van der Waals surface area (Å²) in [6.07, 6.45) is 5.50. The van der Waals surface area contributed by atoms with Gasteiger partial charge in [0.25, 0.3) is 0 Å². The van der Waals surface area contributed by atoms with Gasteiger partial charge >= 0.3 is 0 Å². The second-order valence-electron chi connectivity index (χ2n) is 2.65. The number of nitrogens with one attached hydrogen (secondary N) is 1. The van der Waals surface area contributed by atoms with E-state index in [0.29, 0.717) is 0 Å². The maximum Gasteiger partial charge on any atom is 0.0590 e. The Balaban J connectivity index is 2.24. The van der Waals surface area contributed by atoms with E-state index in [1.165, 1.54) is 0 Å². The summed E-state index contributed by atoms with van der Waals surface area (Å²) < 4.78 is 1.01. The Kier molecular flexibility index (Phi) is 5.71. The van der Waals surface area contributed by atoms with Gasteiger partial charge in [0.15, 0.2) is 0 Å². The molecule has 1 aromatic heterocycles. The summed E-state index contributed by atoms with van der Waals surface area (Å²) in [5, 5.41) is 3.33.